The molecule has 1 heterocycles. The predicted molar refractivity (Wildman–Crippen MR) is 72.1 cm³/mol. The SMILES string of the molecule is NC(CCCCB(O)O)CN1CCCCC1.O=C=O. The third-order valence-electron chi connectivity index (χ3n) is 3.23. The topological polar surface area (TPSA) is 104 Å². The Kier molecular flexibility index (Phi) is 11.9. The first-order valence-corrected chi connectivity index (χ1v) is 6.93. The summed E-state index contributed by atoms with van der Waals surface area (Å²) in [5.74, 6) is 0. The van der Waals surface area contributed by atoms with Crippen LogP contribution < -0.4 is 5.73 Å². The quantitative estimate of drug-likeness (QED) is 0.440. The van der Waals surface area contributed by atoms with E-state index in [-0.39, 0.29) is 12.2 Å². The van der Waals surface area contributed by atoms with Gasteiger partial charge in [-0.1, -0.05) is 19.3 Å². The van der Waals surface area contributed by atoms with Gasteiger partial charge in [-0.05, 0) is 38.7 Å². The predicted octanol–water partition coefficient (Wildman–Crippen LogP) is -0.141. The van der Waals surface area contributed by atoms with Crippen molar-refractivity contribution in [2.24, 2.45) is 5.73 Å². The van der Waals surface area contributed by atoms with Crippen molar-refractivity contribution >= 4 is 13.3 Å². The minimum Gasteiger partial charge on any atom is -0.427 e. The molecule has 0 radical (unpaired) electrons. The molecule has 0 aromatic heterocycles. The van der Waals surface area contributed by atoms with Gasteiger partial charge in [0.15, 0.2) is 0 Å². The van der Waals surface area contributed by atoms with E-state index in [4.69, 9.17) is 25.4 Å². The lowest BCUT2D eigenvalue weighted by molar-refractivity contribution is -0.191. The van der Waals surface area contributed by atoms with Gasteiger partial charge in [-0.15, -0.1) is 0 Å². The molecule has 110 valence electrons. The highest BCUT2D eigenvalue weighted by Gasteiger charge is 2.13. The number of likely N-dealkylation sites (tertiary alicyclic amines) is 1. The molecule has 1 fully saturated rings. The average molecular weight is 272 g/mol. The average Bonchev–Trinajstić information content (AvgIpc) is 2.37. The number of nitrogens with zero attached hydrogens (tertiary/aromatic N) is 1. The van der Waals surface area contributed by atoms with Crippen LogP contribution in [0.15, 0.2) is 0 Å². The van der Waals surface area contributed by atoms with Crippen molar-refractivity contribution in [2.75, 3.05) is 19.6 Å². The largest absolute Gasteiger partial charge is 0.451 e. The van der Waals surface area contributed by atoms with E-state index in [0.29, 0.717) is 6.32 Å². The molecule has 0 spiro atoms. The maximum absolute atomic E-state index is 8.69. The third-order valence-corrected chi connectivity index (χ3v) is 3.23. The first-order chi connectivity index (χ1) is 9.10. The number of unbranched alkanes of at least 4 members (excludes halogenated alkanes) is 1. The van der Waals surface area contributed by atoms with Crippen LogP contribution in [0.3, 0.4) is 0 Å². The van der Waals surface area contributed by atoms with E-state index in [1.165, 1.54) is 32.4 Å². The molecule has 0 amide bonds. The number of carbonyl (C=O) groups excluding carboxylic acids is 2. The van der Waals surface area contributed by atoms with E-state index in [1.54, 1.807) is 0 Å². The van der Waals surface area contributed by atoms with Crippen molar-refractivity contribution in [3.05, 3.63) is 0 Å². The van der Waals surface area contributed by atoms with Crippen LogP contribution in [0.1, 0.15) is 38.5 Å². The lowest BCUT2D eigenvalue weighted by Gasteiger charge is -2.28. The summed E-state index contributed by atoms with van der Waals surface area (Å²) in [6, 6.07) is 0.244. The number of hydrogen-bond donors (Lipinski definition) is 3. The van der Waals surface area contributed by atoms with E-state index in [9.17, 15) is 0 Å². The van der Waals surface area contributed by atoms with Gasteiger partial charge in [-0.2, -0.15) is 9.59 Å². The maximum atomic E-state index is 8.69. The molecule has 6 nitrogen and oxygen atoms in total. The molecule has 1 unspecified atom stereocenters. The van der Waals surface area contributed by atoms with Crippen molar-refractivity contribution < 1.29 is 19.6 Å². The van der Waals surface area contributed by atoms with Crippen molar-refractivity contribution in [1.29, 1.82) is 0 Å². The van der Waals surface area contributed by atoms with Gasteiger partial charge in [0, 0.05) is 12.6 Å². The fourth-order valence-corrected chi connectivity index (χ4v) is 2.30. The van der Waals surface area contributed by atoms with Crippen molar-refractivity contribution in [3.8, 4) is 0 Å². The lowest BCUT2D eigenvalue weighted by atomic mass is 9.83. The highest BCUT2D eigenvalue weighted by atomic mass is 16.4. The molecule has 0 aliphatic carbocycles. The molecule has 1 aliphatic heterocycles. The summed E-state index contributed by atoms with van der Waals surface area (Å²) in [6.45, 7) is 3.40. The van der Waals surface area contributed by atoms with Crippen LogP contribution in [-0.4, -0.2) is 53.9 Å². The van der Waals surface area contributed by atoms with Gasteiger partial charge in [0.2, 0.25) is 0 Å². The standard InChI is InChI=1S/C11H25BN2O2.CO2/c13-11(6-2-3-7-12(15)16)10-14-8-4-1-5-9-14;2-1-3/h11,15-16H,1-10,13H2;. The molecule has 0 aromatic carbocycles. The van der Waals surface area contributed by atoms with Crippen LogP contribution in [0.2, 0.25) is 6.32 Å². The molecule has 0 saturated carbocycles. The highest BCUT2D eigenvalue weighted by Crippen LogP contribution is 2.10. The van der Waals surface area contributed by atoms with E-state index in [1.807, 2.05) is 0 Å². The first-order valence-electron chi connectivity index (χ1n) is 6.93. The fourth-order valence-electron chi connectivity index (χ4n) is 2.30. The lowest BCUT2D eigenvalue weighted by Crippen LogP contribution is -2.40. The van der Waals surface area contributed by atoms with Crippen LogP contribution in [-0.2, 0) is 9.59 Å². The van der Waals surface area contributed by atoms with Gasteiger partial charge in [-0.25, -0.2) is 0 Å². The zero-order valence-electron chi connectivity index (χ0n) is 11.5. The summed E-state index contributed by atoms with van der Waals surface area (Å²) in [5, 5.41) is 17.4. The summed E-state index contributed by atoms with van der Waals surface area (Å²) in [4.78, 5) is 18.7. The smallest absolute Gasteiger partial charge is 0.427 e. The molecule has 19 heavy (non-hydrogen) atoms. The number of piperidine rings is 1. The Morgan fingerprint density at radius 2 is 1.74 bits per heavy atom. The second-order valence-electron chi connectivity index (χ2n) is 4.97. The number of rotatable bonds is 7. The third kappa shape index (κ3) is 12.1. The van der Waals surface area contributed by atoms with Crippen molar-refractivity contribution in [3.63, 3.8) is 0 Å². The molecule has 1 rings (SSSR count). The Hall–Kier alpha value is -0.715. The molecule has 1 atom stereocenters. The molecule has 1 saturated heterocycles. The molecule has 0 bridgehead atoms. The van der Waals surface area contributed by atoms with Crippen molar-refractivity contribution in [2.45, 2.75) is 50.9 Å². The molecular weight excluding hydrogens is 247 g/mol. The molecule has 1 aliphatic rings. The van der Waals surface area contributed by atoms with Gasteiger partial charge in [0.1, 0.15) is 0 Å². The zero-order chi connectivity index (χ0) is 14.5. The Morgan fingerprint density at radius 3 is 2.26 bits per heavy atom. The Balaban J connectivity index is 0.000000982. The molecule has 4 N–H and O–H groups in total. The van der Waals surface area contributed by atoms with Gasteiger partial charge >= 0.3 is 13.3 Å². The maximum Gasteiger partial charge on any atom is 0.451 e. The van der Waals surface area contributed by atoms with Gasteiger partial charge < -0.3 is 20.7 Å². The van der Waals surface area contributed by atoms with E-state index in [2.05, 4.69) is 4.90 Å². The molecular formula is C12H25BN2O4. The van der Waals surface area contributed by atoms with Gasteiger partial charge in [-0.3, -0.25) is 0 Å². The van der Waals surface area contributed by atoms with Crippen LogP contribution >= 0.6 is 0 Å². The highest BCUT2D eigenvalue weighted by molar-refractivity contribution is 6.40. The second-order valence-corrected chi connectivity index (χ2v) is 4.97. The van der Waals surface area contributed by atoms with Crippen molar-refractivity contribution in [1.82, 2.24) is 4.90 Å². The minimum absolute atomic E-state index is 0.244. The molecule has 0 aromatic rings. The van der Waals surface area contributed by atoms with E-state index >= 15 is 0 Å². The summed E-state index contributed by atoms with van der Waals surface area (Å²) >= 11 is 0. The summed E-state index contributed by atoms with van der Waals surface area (Å²) in [5.41, 5.74) is 6.05. The summed E-state index contributed by atoms with van der Waals surface area (Å²) in [6.07, 6.45) is 7.53. The normalized spacial score (nSPS) is 17.0. The van der Waals surface area contributed by atoms with Gasteiger partial charge in [0.25, 0.3) is 0 Å². The van der Waals surface area contributed by atoms with Crippen LogP contribution in [0.4, 0.5) is 0 Å². The minimum atomic E-state index is -1.15. The second kappa shape index (κ2) is 12.3. The Bertz CT molecular complexity index is 242. The van der Waals surface area contributed by atoms with Crippen LogP contribution in [0.5, 0.6) is 0 Å². The Labute approximate surface area is 115 Å². The first kappa shape index (κ1) is 18.3. The van der Waals surface area contributed by atoms with Crippen LogP contribution in [0, 0.1) is 0 Å². The summed E-state index contributed by atoms with van der Waals surface area (Å²) in [7, 11) is -1.15. The molecule has 7 heteroatoms. The van der Waals surface area contributed by atoms with E-state index in [0.717, 1.165) is 25.8 Å². The fraction of sp³-hybridized carbons (Fsp3) is 0.917. The number of hydrogen-bond acceptors (Lipinski definition) is 6. The monoisotopic (exact) mass is 272 g/mol. The number of nitrogens with two attached hydrogens (primary N) is 1. The van der Waals surface area contributed by atoms with Crippen LogP contribution in [0.25, 0.3) is 0 Å². The zero-order valence-corrected chi connectivity index (χ0v) is 11.5. The Morgan fingerprint density at radius 1 is 1.16 bits per heavy atom. The van der Waals surface area contributed by atoms with Gasteiger partial charge in [0.05, 0.1) is 0 Å². The summed E-state index contributed by atoms with van der Waals surface area (Å²) < 4.78 is 0. The van der Waals surface area contributed by atoms with E-state index < -0.39 is 7.12 Å².